The molecule has 1 unspecified atom stereocenters. The molecule has 1 rings (SSSR count). The summed E-state index contributed by atoms with van der Waals surface area (Å²) in [5, 5.41) is 11.8. The molecule has 0 saturated heterocycles. The van der Waals surface area contributed by atoms with Gasteiger partial charge in [0, 0.05) is 0 Å². The molecule has 0 aliphatic carbocycles. The van der Waals surface area contributed by atoms with E-state index in [0.717, 1.165) is 0 Å². The van der Waals surface area contributed by atoms with Crippen LogP contribution in [0.4, 0.5) is 5.82 Å². The van der Waals surface area contributed by atoms with Gasteiger partial charge in [0.1, 0.15) is 17.9 Å². The van der Waals surface area contributed by atoms with Crippen LogP contribution in [0.15, 0.2) is 12.1 Å². The topological polar surface area (TPSA) is 91.8 Å². The highest BCUT2D eigenvalue weighted by Gasteiger charge is 2.19. The quantitative estimate of drug-likeness (QED) is 0.815. The fourth-order valence-corrected chi connectivity index (χ4v) is 1.49. The van der Waals surface area contributed by atoms with Crippen LogP contribution in [0.25, 0.3) is 0 Å². The Morgan fingerprint density at radius 1 is 1.53 bits per heavy atom. The summed E-state index contributed by atoms with van der Waals surface area (Å²) in [5.74, 6) is 0.216. The molecule has 0 aromatic carbocycles. The number of nitrogens with two attached hydrogens (primary N) is 1. The van der Waals surface area contributed by atoms with Gasteiger partial charge in [-0.2, -0.15) is 5.26 Å². The average Bonchev–Trinajstić information content (AvgIpc) is 2.25. The third kappa shape index (κ3) is 3.18. The zero-order valence-corrected chi connectivity index (χ0v) is 10.2. The molecule has 5 heteroatoms. The first-order valence-electron chi connectivity index (χ1n) is 5.39. The van der Waals surface area contributed by atoms with Crippen LogP contribution < -0.4 is 11.1 Å². The molecule has 1 aromatic heterocycles. The predicted molar refractivity (Wildman–Crippen MR) is 65.1 cm³/mol. The Kier molecular flexibility index (Phi) is 4.05. The Bertz CT molecular complexity index is 462. The van der Waals surface area contributed by atoms with Gasteiger partial charge in [-0.15, -0.1) is 0 Å². The average molecular weight is 232 g/mol. The SMILES string of the molecule is Cc1nc(NC(C(N)=O)C(C)C)ccc1C#N. The summed E-state index contributed by atoms with van der Waals surface area (Å²) in [6, 6.07) is 4.92. The standard InChI is InChI=1S/C12H16N4O/c1-7(2)11(12(14)17)16-10-5-4-9(6-13)8(3)15-10/h4-5,7,11H,1-3H3,(H2,14,17)(H,15,16). The minimum atomic E-state index is -0.463. The largest absolute Gasteiger partial charge is 0.368 e. The number of hydrogen-bond donors (Lipinski definition) is 2. The maximum absolute atomic E-state index is 11.2. The molecule has 1 aromatic rings. The summed E-state index contributed by atoms with van der Waals surface area (Å²) < 4.78 is 0. The van der Waals surface area contributed by atoms with Crippen LogP contribution in [-0.4, -0.2) is 16.9 Å². The van der Waals surface area contributed by atoms with Crippen molar-refractivity contribution >= 4 is 11.7 Å². The van der Waals surface area contributed by atoms with Crippen molar-refractivity contribution < 1.29 is 4.79 Å². The highest BCUT2D eigenvalue weighted by Crippen LogP contribution is 2.13. The van der Waals surface area contributed by atoms with Crippen LogP contribution in [0.3, 0.4) is 0 Å². The lowest BCUT2D eigenvalue weighted by molar-refractivity contribution is -0.119. The number of carbonyl (C=O) groups is 1. The van der Waals surface area contributed by atoms with Crippen LogP contribution in [0.1, 0.15) is 25.1 Å². The number of nitrogens with zero attached hydrogens (tertiary/aromatic N) is 2. The second-order valence-corrected chi connectivity index (χ2v) is 4.21. The molecule has 1 heterocycles. The van der Waals surface area contributed by atoms with E-state index in [-0.39, 0.29) is 5.92 Å². The van der Waals surface area contributed by atoms with E-state index in [9.17, 15) is 4.79 Å². The van der Waals surface area contributed by atoms with Crippen molar-refractivity contribution in [3.63, 3.8) is 0 Å². The fraction of sp³-hybridized carbons (Fsp3) is 0.417. The van der Waals surface area contributed by atoms with Gasteiger partial charge in [0.15, 0.2) is 0 Å². The van der Waals surface area contributed by atoms with Gasteiger partial charge in [0.2, 0.25) is 5.91 Å². The maximum Gasteiger partial charge on any atom is 0.240 e. The van der Waals surface area contributed by atoms with Crippen molar-refractivity contribution in [2.24, 2.45) is 11.7 Å². The molecule has 0 fully saturated rings. The Morgan fingerprint density at radius 2 is 2.18 bits per heavy atom. The molecule has 0 bridgehead atoms. The van der Waals surface area contributed by atoms with E-state index in [1.165, 1.54) is 0 Å². The second-order valence-electron chi connectivity index (χ2n) is 4.21. The number of carbonyl (C=O) groups excluding carboxylic acids is 1. The highest BCUT2D eigenvalue weighted by molar-refractivity contribution is 5.82. The number of aryl methyl sites for hydroxylation is 1. The zero-order chi connectivity index (χ0) is 13.0. The van der Waals surface area contributed by atoms with Crippen molar-refractivity contribution in [2.45, 2.75) is 26.8 Å². The van der Waals surface area contributed by atoms with Gasteiger partial charge >= 0.3 is 0 Å². The van der Waals surface area contributed by atoms with E-state index in [1.807, 2.05) is 19.9 Å². The van der Waals surface area contributed by atoms with Gasteiger partial charge in [-0.05, 0) is 25.0 Å². The summed E-state index contributed by atoms with van der Waals surface area (Å²) in [6.45, 7) is 5.55. The smallest absolute Gasteiger partial charge is 0.240 e. The molecular weight excluding hydrogens is 216 g/mol. The predicted octanol–water partition coefficient (Wildman–Crippen LogP) is 1.18. The third-order valence-electron chi connectivity index (χ3n) is 2.48. The van der Waals surface area contributed by atoms with Crippen LogP contribution >= 0.6 is 0 Å². The number of hydrogen-bond acceptors (Lipinski definition) is 4. The Hall–Kier alpha value is -2.09. The number of aromatic nitrogens is 1. The number of primary amides is 1. The molecule has 5 nitrogen and oxygen atoms in total. The number of nitriles is 1. The summed E-state index contributed by atoms with van der Waals surface area (Å²) in [4.78, 5) is 15.4. The van der Waals surface area contributed by atoms with E-state index < -0.39 is 11.9 Å². The lowest BCUT2D eigenvalue weighted by Gasteiger charge is -2.19. The monoisotopic (exact) mass is 232 g/mol. The number of amides is 1. The molecular formula is C12H16N4O. The van der Waals surface area contributed by atoms with E-state index in [0.29, 0.717) is 17.1 Å². The summed E-state index contributed by atoms with van der Waals surface area (Å²) in [6.07, 6.45) is 0. The molecule has 90 valence electrons. The zero-order valence-electron chi connectivity index (χ0n) is 10.2. The number of rotatable bonds is 4. The first kappa shape index (κ1) is 13.0. The summed E-state index contributed by atoms with van der Waals surface area (Å²) in [7, 11) is 0. The number of pyridine rings is 1. The maximum atomic E-state index is 11.2. The van der Waals surface area contributed by atoms with Crippen LogP contribution in [0, 0.1) is 24.2 Å². The third-order valence-corrected chi connectivity index (χ3v) is 2.48. The van der Waals surface area contributed by atoms with E-state index in [2.05, 4.69) is 10.3 Å². The van der Waals surface area contributed by atoms with Gasteiger partial charge < -0.3 is 11.1 Å². The summed E-state index contributed by atoms with van der Waals surface area (Å²) >= 11 is 0. The van der Waals surface area contributed by atoms with E-state index in [1.54, 1.807) is 19.1 Å². The van der Waals surface area contributed by atoms with Crippen molar-refractivity contribution in [3.05, 3.63) is 23.4 Å². The van der Waals surface area contributed by atoms with E-state index in [4.69, 9.17) is 11.0 Å². The van der Waals surface area contributed by atoms with Crippen molar-refractivity contribution in [1.29, 1.82) is 5.26 Å². The number of nitrogens with one attached hydrogen (secondary N) is 1. The minimum Gasteiger partial charge on any atom is -0.368 e. The molecule has 1 amide bonds. The summed E-state index contributed by atoms with van der Waals surface area (Å²) in [5.41, 5.74) is 6.45. The Balaban J connectivity index is 2.92. The Morgan fingerprint density at radius 3 is 2.59 bits per heavy atom. The van der Waals surface area contributed by atoms with Crippen LogP contribution in [0.2, 0.25) is 0 Å². The van der Waals surface area contributed by atoms with E-state index >= 15 is 0 Å². The van der Waals surface area contributed by atoms with Gasteiger partial charge in [-0.3, -0.25) is 4.79 Å². The molecule has 3 N–H and O–H groups in total. The van der Waals surface area contributed by atoms with Gasteiger partial charge in [-0.1, -0.05) is 13.8 Å². The molecule has 0 spiro atoms. The fourth-order valence-electron chi connectivity index (χ4n) is 1.49. The van der Waals surface area contributed by atoms with Crippen LogP contribution in [-0.2, 0) is 4.79 Å². The molecule has 17 heavy (non-hydrogen) atoms. The molecule has 0 aliphatic heterocycles. The van der Waals surface area contributed by atoms with Crippen molar-refractivity contribution in [2.75, 3.05) is 5.32 Å². The Labute approximate surface area is 101 Å². The van der Waals surface area contributed by atoms with Gasteiger partial charge in [0.25, 0.3) is 0 Å². The second kappa shape index (κ2) is 5.30. The molecule has 0 radical (unpaired) electrons. The highest BCUT2D eigenvalue weighted by atomic mass is 16.1. The normalized spacial score (nSPS) is 11.9. The van der Waals surface area contributed by atoms with Gasteiger partial charge in [0.05, 0.1) is 11.3 Å². The van der Waals surface area contributed by atoms with Crippen molar-refractivity contribution in [1.82, 2.24) is 4.98 Å². The lowest BCUT2D eigenvalue weighted by atomic mass is 10.0. The van der Waals surface area contributed by atoms with Gasteiger partial charge in [-0.25, -0.2) is 4.98 Å². The van der Waals surface area contributed by atoms with Crippen LogP contribution in [0.5, 0.6) is 0 Å². The first-order valence-corrected chi connectivity index (χ1v) is 5.39. The lowest BCUT2D eigenvalue weighted by Crippen LogP contribution is -2.39. The van der Waals surface area contributed by atoms with Crippen molar-refractivity contribution in [3.8, 4) is 6.07 Å². The first-order chi connectivity index (χ1) is 7.95. The molecule has 0 aliphatic rings. The molecule has 1 atom stereocenters. The minimum absolute atomic E-state index is 0.0743. The number of anilines is 1. The molecule has 0 saturated carbocycles.